The zero-order chi connectivity index (χ0) is 23.0. The molecule has 0 saturated carbocycles. The van der Waals surface area contributed by atoms with Crippen LogP contribution in [0.15, 0.2) is 58.4 Å². The minimum Gasteiger partial charge on any atom is -0.478 e. The topological polar surface area (TPSA) is 83.7 Å². The third-order valence-corrected chi connectivity index (χ3v) is 6.34. The van der Waals surface area contributed by atoms with Crippen LogP contribution in [0.1, 0.15) is 32.9 Å². The lowest BCUT2D eigenvalue weighted by Crippen LogP contribution is -2.19. The number of amidine groups is 1. The van der Waals surface area contributed by atoms with Gasteiger partial charge in [0.2, 0.25) is 0 Å². The molecule has 1 aliphatic heterocycles. The summed E-state index contributed by atoms with van der Waals surface area (Å²) < 4.78 is 1.97. The van der Waals surface area contributed by atoms with Crippen LogP contribution in [0.4, 0.5) is 5.69 Å². The van der Waals surface area contributed by atoms with Gasteiger partial charge in [-0.2, -0.15) is 0 Å². The average molecular weight is 466 g/mol. The number of carboxylic acid groups (broad SMARTS) is 1. The molecule has 4 rings (SSSR count). The van der Waals surface area contributed by atoms with Gasteiger partial charge in [0.15, 0.2) is 5.17 Å². The van der Waals surface area contributed by atoms with Gasteiger partial charge in [-0.05, 0) is 80.6 Å². The predicted octanol–water partition coefficient (Wildman–Crippen LogP) is 5.65. The summed E-state index contributed by atoms with van der Waals surface area (Å²) in [6, 6.07) is 14.6. The van der Waals surface area contributed by atoms with Crippen molar-refractivity contribution in [2.75, 3.05) is 0 Å². The predicted molar refractivity (Wildman–Crippen MR) is 129 cm³/mol. The van der Waals surface area contributed by atoms with Crippen molar-refractivity contribution in [3.05, 3.63) is 86.5 Å². The number of benzene rings is 2. The van der Waals surface area contributed by atoms with E-state index in [1.807, 2.05) is 61.7 Å². The zero-order valence-electron chi connectivity index (χ0n) is 17.6. The summed E-state index contributed by atoms with van der Waals surface area (Å²) in [5, 5.41) is 12.7. The first kappa shape index (κ1) is 21.9. The minimum atomic E-state index is -1.07. The molecule has 3 aromatic rings. The number of carbonyl (C=O) groups excluding carboxylic acids is 1. The highest BCUT2D eigenvalue weighted by Crippen LogP contribution is 2.31. The number of thioether (sulfide) groups is 1. The monoisotopic (exact) mass is 465 g/mol. The van der Waals surface area contributed by atoms with Crippen LogP contribution in [0.2, 0.25) is 5.02 Å². The largest absolute Gasteiger partial charge is 0.478 e. The standard InChI is InChI=1S/C24H20ClN3O3S/c1-13-4-6-17(7-5-13)26-24-27-22(29)21(32-24)11-16-10-14(2)28(15(16)3)18-8-9-19(23(30)31)20(25)12-18/h4-12H,1-3H3,(H,30,31)(H,26,27,29)/b21-11-. The summed E-state index contributed by atoms with van der Waals surface area (Å²) in [6.07, 6.45) is 1.84. The Balaban J connectivity index is 1.64. The van der Waals surface area contributed by atoms with Gasteiger partial charge in [0.05, 0.1) is 21.2 Å². The van der Waals surface area contributed by atoms with Gasteiger partial charge in [-0.1, -0.05) is 29.3 Å². The highest BCUT2D eigenvalue weighted by molar-refractivity contribution is 8.18. The van der Waals surface area contributed by atoms with Crippen LogP contribution in [0.5, 0.6) is 0 Å². The number of carbonyl (C=O) groups is 2. The van der Waals surface area contributed by atoms with Crippen LogP contribution in [0.3, 0.4) is 0 Å². The molecule has 0 bridgehead atoms. The number of hydrogen-bond acceptors (Lipinski definition) is 4. The number of aryl methyl sites for hydroxylation is 2. The molecule has 0 aliphatic carbocycles. The molecular formula is C24H20ClN3O3S. The number of aromatic carboxylic acids is 1. The number of rotatable bonds is 4. The van der Waals surface area contributed by atoms with E-state index in [0.717, 1.165) is 33.9 Å². The number of halogens is 1. The Labute approximate surface area is 194 Å². The van der Waals surface area contributed by atoms with Crippen LogP contribution in [0, 0.1) is 20.8 Å². The lowest BCUT2D eigenvalue weighted by molar-refractivity contribution is -0.115. The van der Waals surface area contributed by atoms with Crippen LogP contribution >= 0.6 is 23.4 Å². The molecule has 6 nitrogen and oxygen atoms in total. The van der Waals surface area contributed by atoms with Crippen molar-refractivity contribution in [2.45, 2.75) is 20.8 Å². The van der Waals surface area contributed by atoms with Gasteiger partial charge in [-0.3, -0.25) is 4.79 Å². The van der Waals surface area contributed by atoms with Crippen molar-refractivity contribution in [3.8, 4) is 5.69 Å². The van der Waals surface area contributed by atoms with E-state index in [1.54, 1.807) is 12.1 Å². The fourth-order valence-corrected chi connectivity index (χ4v) is 4.59. The van der Waals surface area contributed by atoms with Crippen LogP contribution in [-0.4, -0.2) is 26.7 Å². The van der Waals surface area contributed by atoms with Gasteiger partial charge >= 0.3 is 5.97 Å². The molecule has 1 aliphatic rings. The van der Waals surface area contributed by atoms with Crippen LogP contribution in [0.25, 0.3) is 11.8 Å². The third kappa shape index (κ3) is 4.35. The Morgan fingerprint density at radius 3 is 2.50 bits per heavy atom. The van der Waals surface area contributed by atoms with E-state index in [-0.39, 0.29) is 16.5 Å². The molecular weight excluding hydrogens is 446 g/mol. The number of nitrogens with one attached hydrogen (secondary N) is 1. The van der Waals surface area contributed by atoms with E-state index in [2.05, 4.69) is 10.3 Å². The number of nitrogens with zero attached hydrogens (tertiary/aromatic N) is 2. The van der Waals surface area contributed by atoms with Gasteiger partial charge in [0.25, 0.3) is 5.91 Å². The van der Waals surface area contributed by atoms with Gasteiger partial charge in [-0.25, -0.2) is 9.79 Å². The molecule has 0 atom stereocenters. The molecule has 1 fully saturated rings. The summed E-state index contributed by atoms with van der Waals surface area (Å²) in [6.45, 7) is 5.90. The SMILES string of the molecule is Cc1ccc(N=C2NC(=O)/C(=C/c3cc(C)n(-c4ccc(C(=O)O)c(Cl)c4)c3C)S2)cc1. The number of amides is 1. The van der Waals surface area contributed by atoms with E-state index >= 15 is 0 Å². The molecule has 2 heterocycles. The second-order valence-electron chi connectivity index (χ2n) is 7.45. The van der Waals surface area contributed by atoms with Gasteiger partial charge < -0.3 is 15.0 Å². The summed E-state index contributed by atoms with van der Waals surface area (Å²) in [4.78, 5) is 28.8. The Morgan fingerprint density at radius 1 is 1.12 bits per heavy atom. The molecule has 2 aromatic carbocycles. The van der Waals surface area contributed by atoms with Crippen molar-refractivity contribution in [3.63, 3.8) is 0 Å². The van der Waals surface area contributed by atoms with Gasteiger partial charge in [-0.15, -0.1) is 0 Å². The first-order chi connectivity index (χ1) is 15.2. The molecule has 0 spiro atoms. The number of hydrogen-bond donors (Lipinski definition) is 2. The molecule has 2 N–H and O–H groups in total. The van der Waals surface area contributed by atoms with Crippen molar-refractivity contribution in [1.29, 1.82) is 0 Å². The molecule has 0 radical (unpaired) electrons. The van der Waals surface area contributed by atoms with E-state index in [1.165, 1.54) is 17.8 Å². The molecule has 32 heavy (non-hydrogen) atoms. The number of carboxylic acids is 1. The number of aromatic nitrogens is 1. The molecule has 1 saturated heterocycles. The van der Waals surface area contributed by atoms with Crippen molar-refractivity contribution >= 4 is 52.2 Å². The quantitative estimate of drug-likeness (QED) is 0.488. The van der Waals surface area contributed by atoms with E-state index in [4.69, 9.17) is 11.6 Å². The molecule has 0 unspecified atom stereocenters. The molecule has 8 heteroatoms. The highest BCUT2D eigenvalue weighted by atomic mass is 35.5. The fourth-order valence-electron chi connectivity index (χ4n) is 3.51. The maximum atomic E-state index is 12.5. The normalized spacial score (nSPS) is 16.1. The second kappa shape index (κ2) is 8.68. The molecule has 1 aromatic heterocycles. The maximum Gasteiger partial charge on any atom is 0.337 e. The van der Waals surface area contributed by atoms with Crippen molar-refractivity contribution < 1.29 is 14.7 Å². The average Bonchev–Trinajstić information content (AvgIpc) is 3.21. The summed E-state index contributed by atoms with van der Waals surface area (Å²) in [5.74, 6) is -1.26. The first-order valence-electron chi connectivity index (χ1n) is 9.81. The Kier molecular flexibility index (Phi) is 5.95. The number of aliphatic imine (C=N–C) groups is 1. The van der Waals surface area contributed by atoms with Crippen molar-refractivity contribution in [2.24, 2.45) is 4.99 Å². The lowest BCUT2D eigenvalue weighted by Gasteiger charge is -2.11. The van der Waals surface area contributed by atoms with E-state index in [0.29, 0.717) is 10.1 Å². The first-order valence-corrected chi connectivity index (χ1v) is 11.0. The Bertz CT molecular complexity index is 1310. The van der Waals surface area contributed by atoms with E-state index < -0.39 is 5.97 Å². The summed E-state index contributed by atoms with van der Waals surface area (Å²) in [7, 11) is 0. The smallest absolute Gasteiger partial charge is 0.337 e. The lowest BCUT2D eigenvalue weighted by atomic mass is 10.2. The van der Waals surface area contributed by atoms with Crippen molar-refractivity contribution in [1.82, 2.24) is 9.88 Å². The molecule has 1 amide bonds. The zero-order valence-corrected chi connectivity index (χ0v) is 19.2. The second-order valence-corrected chi connectivity index (χ2v) is 8.89. The fraction of sp³-hybridized carbons (Fsp3) is 0.125. The summed E-state index contributed by atoms with van der Waals surface area (Å²) in [5.41, 5.74) is 5.46. The van der Waals surface area contributed by atoms with Crippen LogP contribution in [-0.2, 0) is 4.79 Å². The van der Waals surface area contributed by atoms with E-state index in [9.17, 15) is 14.7 Å². The Morgan fingerprint density at radius 2 is 1.84 bits per heavy atom. The molecule has 162 valence electrons. The van der Waals surface area contributed by atoms with Gasteiger partial charge in [0.1, 0.15) is 0 Å². The third-order valence-electron chi connectivity index (χ3n) is 5.11. The summed E-state index contributed by atoms with van der Waals surface area (Å²) >= 11 is 7.45. The highest BCUT2D eigenvalue weighted by Gasteiger charge is 2.24. The Hall–Kier alpha value is -3.29. The van der Waals surface area contributed by atoms with Crippen LogP contribution < -0.4 is 5.32 Å². The maximum absolute atomic E-state index is 12.5. The van der Waals surface area contributed by atoms with Gasteiger partial charge in [0, 0.05) is 17.1 Å². The minimum absolute atomic E-state index is 0.0552.